The molecule has 0 aliphatic heterocycles. The molecule has 1 heteroatoms. The molecule has 0 nitrogen and oxygen atoms in total. The lowest BCUT2D eigenvalue weighted by molar-refractivity contribution is 0.612. The van der Waals surface area contributed by atoms with E-state index in [1.165, 1.54) is 50.7 Å². The van der Waals surface area contributed by atoms with Crippen molar-refractivity contribution >= 4 is 10.0 Å². The highest BCUT2D eigenvalue weighted by Crippen LogP contribution is 2.35. The Morgan fingerprint density at radius 2 is 1.09 bits per heavy atom. The molecule has 0 rings (SSSR count). The van der Waals surface area contributed by atoms with Crippen molar-refractivity contribution < 1.29 is 0 Å². The smallest absolute Gasteiger partial charge is 0.0169 e. The van der Waals surface area contributed by atoms with Gasteiger partial charge < -0.3 is 0 Å². The Morgan fingerprint density at radius 3 is 1.68 bits per heavy atom. The van der Waals surface area contributed by atoms with Gasteiger partial charge >= 0.3 is 0 Å². The highest BCUT2D eigenvalue weighted by Gasteiger charge is 2.02. The summed E-state index contributed by atoms with van der Waals surface area (Å²) in [5, 5.41) is 0. The lowest BCUT2D eigenvalue weighted by Crippen LogP contribution is -1.98. The molecule has 0 spiro atoms. The van der Waals surface area contributed by atoms with Gasteiger partial charge in [-0.1, -0.05) is 69.1 Å². The van der Waals surface area contributed by atoms with Gasteiger partial charge in [0, 0.05) is 0 Å². The first-order valence-corrected chi connectivity index (χ1v) is 12.2. The van der Waals surface area contributed by atoms with E-state index in [2.05, 4.69) is 62.1 Å². The van der Waals surface area contributed by atoms with Crippen LogP contribution in [0.25, 0.3) is 0 Å². The van der Waals surface area contributed by atoms with Crippen molar-refractivity contribution in [2.45, 2.75) is 71.1 Å². The predicted molar refractivity (Wildman–Crippen MR) is 109 cm³/mol. The summed E-state index contributed by atoms with van der Waals surface area (Å²) >= 11 is 0. The van der Waals surface area contributed by atoms with Crippen LogP contribution in [0.1, 0.15) is 71.1 Å². The molecule has 0 heterocycles. The molecule has 0 aromatic rings. The number of hydrogen-bond donors (Lipinski definition) is 0. The minimum absolute atomic E-state index is 0.262. The van der Waals surface area contributed by atoms with E-state index in [0.717, 1.165) is 19.3 Å². The van der Waals surface area contributed by atoms with E-state index in [1.54, 1.807) is 0 Å². The minimum atomic E-state index is -0.262. The summed E-state index contributed by atoms with van der Waals surface area (Å²) < 4.78 is 0. The van der Waals surface area contributed by atoms with Crippen LogP contribution in [0.3, 0.4) is 0 Å². The van der Waals surface area contributed by atoms with E-state index in [9.17, 15) is 0 Å². The molecule has 0 aromatic heterocycles. The van der Waals surface area contributed by atoms with Crippen LogP contribution in [-0.2, 0) is 0 Å². The normalized spacial score (nSPS) is 13.8. The zero-order chi connectivity index (χ0) is 16.5. The van der Waals surface area contributed by atoms with Gasteiger partial charge in [-0.3, -0.25) is 0 Å². The largest absolute Gasteiger partial charge is 0.250 e. The topological polar surface area (TPSA) is 0 Å². The molecule has 130 valence electrons. The van der Waals surface area contributed by atoms with Crippen LogP contribution in [0.15, 0.2) is 36.5 Å². The lowest BCUT2D eigenvalue weighted by atomic mass is 10.1. The Bertz CT molecular complexity index is 304. The van der Waals surface area contributed by atoms with Gasteiger partial charge in [0.05, 0.1) is 0 Å². The number of rotatable bonds is 14. The molecule has 22 heavy (non-hydrogen) atoms. The first kappa shape index (κ1) is 21.6. The van der Waals surface area contributed by atoms with Crippen LogP contribution in [0.5, 0.6) is 0 Å². The Balaban J connectivity index is 3.25. The number of hydrogen-bond acceptors (Lipinski definition) is 0. The Kier molecular flexibility index (Phi) is 15.2. The fourth-order valence-electron chi connectivity index (χ4n) is 2.33. The molecule has 0 saturated heterocycles. The molecule has 0 unspecified atom stereocenters. The van der Waals surface area contributed by atoms with E-state index >= 15 is 0 Å². The molecular formula is C21H40S. The van der Waals surface area contributed by atoms with Crippen LogP contribution >= 0.6 is 10.0 Å². The van der Waals surface area contributed by atoms with Gasteiger partial charge in [-0.05, 0) is 63.0 Å². The van der Waals surface area contributed by atoms with Crippen molar-refractivity contribution in [3.63, 3.8) is 0 Å². The average Bonchev–Trinajstić information content (AvgIpc) is 2.45. The summed E-state index contributed by atoms with van der Waals surface area (Å²) in [5.41, 5.74) is 0. The predicted octanol–water partition coefficient (Wildman–Crippen LogP) is 7.27. The number of unbranched alkanes of at least 4 members (excludes halogenated alkanes) is 6. The molecule has 0 atom stereocenters. The third-order valence-corrected chi connectivity index (χ3v) is 5.17. The highest BCUT2D eigenvalue weighted by atomic mass is 32.3. The van der Waals surface area contributed by atoms with E-state index in [-0.39, 0.29) is 10.0 Å². The first-order valence-electron chi connectivity index (χ1n) is 9.17. The standard InChI is InChI=1S/C21H40S/c1-5-6-7-8-9-10-11-12-13-14-15-16-17-18-19-20-21-22(2,3)4/h6-7,9-10,12-13H,5,8,11,14-21H2,1-4H3. The average molecular weight is 325 g/mol. The van der Waals surface area contributed by atoms with Crippen LogP contribution in [0.2, 0.25) is 0 Å². The third-order valence-electron chi connectivity index (χ3n) is 3.66. The van der Waals surface area contributed by atoms with Crippen LogP contribution in [-0.4, -0.2) is 24.5 Å². The second kappa shape index (κ2) is 15.5. The molecule has 0 aromatic carbocycles. The summed E-state index contributed by atoms with van der Waals surface area (Å²) in [6.07, 6.45) is 34.0. The molecular weight excluding hydrogens is 284 g/mol. The van der Waals surface area contributed by atoms with Gasteiger partial charge in [-0.2, -0.15) is 0 Å². The molecule has 0 aliphatic rings. The maximum absolute atomic E-state index is 2.43. The fourth-order valence-corrected chi connectivity index (χ4v) is 3.40. The van der Waals surface area contributed by atoms with Gasteiger partial charge in [0.2, 0.25) is 0 Å². The quantitative estimate of drug-likeness (QED) is 0.233. The second-order valence-electron chi connectivity index (χ2n) is 7.00. The minimum Gasteiger partial charge on any atom is -0.250 e. The van der Waals surface area contributed by atoms with Gasteiger partial charge in [0.15, 0.2) is 0 Å². The van der Waals surface area contributed by atoms with Gasteiger partial charge in [-0.25, -0.2) is 10.0 Å². The second-order valence-corrected chi connectivity index (χ2v) is 11.6. The fraction of sp³-hybridized carbons (Fsp3) is 0.714. The van der Waals surface area contributed by atoms with E-state index < -0.39 is 0 Å². The van der Waals surface area contributed by atoms with Crippen molar-refractivity contribution in [3.05, 3.63) is 36.5 Å². The molecule has 0 N–H and O–H groups in total. The molecule has 0 fully saturated rings. The maximum atomic E-state index is 2.43. The van der Waals surface area contributed by atoms with Gasteiger partial charge in [0.1, 0.15) is 0 Å². The van der Waals surface area contributed by atoms with Crippen molar-refractivity contribution in [2.75, 3.05) is 24.5 Å². The Labute approximate surface area is 142 Å². The zero-order valence-corrected chi connectivity index (χ0v) is 16.5. The van der Waals surface area contributed by atoms with Crippen molar-refractivity contribution in [1.29, 1.82) is 0 Å². The molecule has 0 saturated carbocycles. The molecule has 0 bridgehead atoms. The van der Waals surface area contributed by atoms with Gasteiger partial charge in [-0.15, -0.1) is 0 Å². The summed E-state index contributed by atoms with van der Waals surface area (Å²) in [6, 6.07) is 0. The van der Waals surface area contributed by atoms with Crippen LogP contribution in [0, 0.1) is 0 Å². The van der Waals surface area contributed by atoms with Crippen molar-refractivity contribution in [2.24, 2.45) is 0 Å². The monoisotopic (exact) mass is 324 g/mol. The Hall–Kier alpha value is -0.430. The molecule has 0 aliphatic carbocycles. The zero-order valence-electron chi connectivity index (χ0n) is 15.7. The maximum Gasteiger partial charge on any atom is -0.0169 e. The third kappa shape index (κ3) is 19.6. The summed E-state index contributed by atoms with van der Waals surface area (Å²) in [6.45, 7) is 2.18. The van der Waals surface area contributed by atoms with Crippen LogP contribution in [0.4, 0.5) is 0 Å². The number of allylic oxidation sites excluding steroid dienone is 6. The van der Waals surface area contributed by atoms with E-state index in [4.69, 9.17) is 0 Å². The summed E-state index contributed by atoms with van der Waals surface area (Å²) in [5.74, 6) is 1.46. The van der Waals surface area contributed by atoms with Gasteiger partial charge in [0.25, 0.3) is 0 Å². The van der Waals surface area contributed by atoms with E-state index in [0.29, 0.717) is 0 Å². The van der Waals surface area contributed by atoms with Crippen molar-refractivity contribution in [1.82, 2.24) is 0 Å². The molecule has 0 radical (unpaired) electrons. The van der Waals surface area contributed by atoms with E-state index in [1.807, 2.05) is 0 Å². The lowest BCUT2D eigenvalue weighted by Gasteiger charge is -2.24. The Morgan fingerprint density at radius 1 is 0.591 bits per heavy atom. The summed E-state index contributed by atoms with van der Waals surface area (Å²) in [7, 11) is -0.262. The SMILES string of the molecule is CCC=CCC=CCC=CCCCCCCCCS(C)(C)C. The first-order chi connectivity index (χ1) is 10.6. The molecule has 0 amide bonds. The highest BCUT2D eigenvalue weighted by molar-refractivity contribution is 8.32. The van der Waals surface area contributed by atoms with Crippen molar-refractivity contribution in [3.8, 4) is 0 Å². The van der Waals surface area contributed by atoms with Crippen LogP contribution < -0.4 is 0 Å². The summed E-state index contributed by atoms with van der Waals surface area (Å²) in [4.78, 5) is 0.